The number of fused-ring (bicyclic) bond motifs is 1. The fourth-order valence-corrected chi connectivity index (χ4v) is 2.33. The van der Waals surface area contributed by atoms with E-state index < -0.39 is 6.03 Å². The van der Waals surface area contributed by atoms with Crippen LogP contribution in [-0.2, 0) is 11.2 Å². The van der Waals surface area contributed by atoms with Gasteiger partial charge >= 0.3 is 6.03 Å². The SMILES string of the molecule is C[C@H]1CCc2ccccc2N1CC(=O)NC(N)=O. The van der Waals surface area contributed by atoms with Crippen molar-refractivity contribution in [1.82, 2.24) is 5.32 Å². The average molecular weight is 247 g/mol. The van der Waals surface area contributed by atoms with Crippen LogP contribution in [0.25, 0.3) is 0 Å². The number of para-hydroxylation sites is 1. The topological polar surface area (TPSA) is 75.4 Å². The maximum Gasteiger partial charge on any atom is 0.318 e. The Morgan fingerprint density at radius 3 is 2.89 bits per heavy atom. The van der Waals surface area contributed by atoms with Crippen LogP contribution in [-0.4, -0.2) is 24.5 Å². The van der Waals surface area contributed by atoms with E-state index in [1.807, 2.05) is 23.1 Å². The van der Waals surface area contributed by atoms with E-state index in [-0.39, 0.29) is 18.5 Å². The number of carbonyl (C=O) groups excluding carboxylic acids is 2. The van der Waals surface area contributed by atoms with Crippen LogP contribution in [0.4, 0.5) is 10.5 Å². The minimum absolute atomic E-state index is 0.154. The van der Waals surface area contributed by atoms with E-state index in [0.29, 0.717) is 0 Å². The molecule has 1 atom stereocenters. The first kappa shape index (κ1) is 12.4. The molecule has 1 aliphatic rings. The third-order valence-corrected chi connectivity index (χ3v) is 3.24. The lowest BCUT2D eigenvalue weighted by atomic mass is 9.97. The van der Waals surface area contributed by atoms with Gasteiger partial charge in [0.05, 0.1) is 6.54 Å². The molecule has 0 bridgehead atoms. The van der Waals surface area contributed by atoms with Crippen LogP contribution in [0.5, 0.6) is 0 Å². The minimum Gasteiger partial charge on any atom is -0.359 e. The standard InChI is InChI=1S/C13H17N3O2/c1-9-6-7-10-4-2-3-5-11(10)16(9)8-12(17)15-13(14)18/h2-5,9H,6-8H2,1H3,(H3,14,15,17,18)/t9-/m0/s1. The molecule has 3 N–H and O–H groups in total. The number of urea groups is 1. The maximum atomic E-state index is 11.6. The Balaban J connectivity index is 2.16. The Morgan fingerprint density at radius 2 is 2.17 bits per heavy atom. The van der Waals surface area contributed by atoms with Crippen LogP contribution in [0, 0.1) is 0 Å². The van der Waals surface area contributed by atoms with E-state index in [1.54, 1.807) is 0 Å². The van der Waals surface area contributed by atoms with Crippen LogP contribution in [0.3, 0.4) is 0 Å². The molecule has 0 radical (unpaired) electrons. The van der Waals surface area contributed by atoms with Gasteiger partial charge in [0.1, 0.15) is 0 Å². The van der Waals surface area contributed by atoms with Crippen molar-refractivity contribution in [3.63, 3.8) is 0 Å². The number of carbonyl (C=O) groups is 2. The molecule has 5 heteroatoms. The highest BCUT2D eigenvalue weighted by Crippen LogP contribution is 2.29. The van der Waals surface area contributed by atoms with E-state index in [0.717, 1.165) is 18.5 Å². The highest BCUT2D eigenvalue weighted by molar-refractivity contribution is 5.95. The first-order valence-electron chi connectivity index (χ1n) is 6.02. The van der Waals surface area contributed by atoms with Gasteiger partial charge in [-0.1, -0.05) is 18.2 Å². The van der Waals surface area contributed by atoms with Crippen LogP contribution < -0.4 is 16.0 Å². The van der Waals surface area contributed by atoms with E-state index in [4.69, 9.17) is 5.73 Å². The molecule has 1 heterocycles. The summed E-state index contributed by atoms with van der Waals surface area (Å²) in [5.41, 5.74) is 7.24. The molecule has 0 saturated heterocycles. The molecule has 3 amide bonds. The second kappa shape index (κ2) is 5.08. The number of aryl methyl sites for hydroxylation is 1. The number of amides is 3. The summed E-state index contributed by atoms with van der Waals surface area (Å²) in [5.74, 6) is -0.369. The number of rotatable bonds is 2. The number of primary amides is 1. The zero-order valence-corrected chi connectivity index (χ0v) is 10.3. The predicted molar refractivity (Wildman–Crippen MR) is 69.3 cm³/mol. The predicted octanol–water partition coefficient (Wildman–Crippen LogP) is 1.02. The molecular formula is C13H17N3O2. The van der Waals surface area contributed by atoms with Crippen molar-refractivity contribution in [3.8, 4) is 0 Å². The normalized spacial score (nSPS) is 18.1. The quantitative estimate of drug-likeness (QED) is 0.819. The van der Waals surface area contributed by atoms with Gasteiger partial charge in [0.2, 0.25) is 5.91 Å². The molecule has 0 saturated carbocycles. The van der Waals surface area contributed by atoms with Gasteiger partial charge in [-0.2, -0.15) is 0 Å². The second-order valence-electron chi connectivity index (χ2n) is 4.56. The Hall–Kier alpha value is -2.04. The Kier molecular flexibility index (Phi) is 3.50. The zero-order valence-electron chi connectivity index (χ0n) is 10.3. The average Bonchev–Trinajstić information content (AvgIpc) is 2.32. The molecule has 0 aromatic heterocycles. The highest BCUT2D eigenvalue weighted by Gasteiger charge is 2.24. The zero-order chi connectivity index (χ0) is 13.1. The molecule has 1 aliphatic heterocycles. The van der Waals surface area contributed by atoms with Gasteiger partial charge < -0.3 is 10.6 Å². The highest BCUT2D eigenvalue weighted by atomic mass is 16.2. The first-order chi connectivity index (χ1) is 8.58. The van der Waals surface area contributed by atoms with Gasteiger partial charge in [0, 0.05) is 11.7 Å². The fraction of sp³-hybridized carbons (Fsp3) is 0.385. The van der Waals surface area contributed by atoms with Crippen molar-refractivity contribution in [1.29, 1.82) is 0 Å². The number of imide groups is 1. The summed E-state index contributed by atoms with van der Waals surface area (Å²) in [6, 6.07) is 7.49. The summed E-state index contributed by atoms with van der Waals surface area (Å²) >= 11 is 0. The summed E-state index contributed by atoms with van der Waals surface area (Å²) in [4.78, 5) is 24.3. The number of hydrogen-bond donors (Lipinski definition) is 2. The summed E-state index contributed by atoms with van der Waals surface area (Å²) in [6.45, 7) is 2.23. The van der Waals surface area contributed by atoms with Gasteiger partial charge in [0.25, 0.3) is 0 Å². The van der Waals surface area contributed by atoms with Crippen LogP contribution >= 0.6 is 0 Å². The molecule has 0 aliphatic carbocycles. The van der Waals surface area contributed by atoms with Gasteiger partial charge in [0.15, 0.2) is 0 Å². The Bertz CT molecular complexity index is 473. The molecule has 0 fully saturated rings. The summed E-state index contributed by atoms with van der Waals surface area (Å²) in [6.07, 6.45) is 2.02. The fourth-order valence-electron chi connectivity index (χ4n) is 2.33. The van der Waals surface area contributed by atoms with Crippen molar-refractivity contribution in [2.75, 3.05) is 11.4 Å². The Morgan fingerprint density at radius 1 is 1.44 bits per heavy atom. The van der Waals surface area contributed by atoms with Crippen LogP contribution in [0.2, 0.25) is 0 Å². The lowest BCUT2D eigenvalue weighted by molar-refractivity contribution is -0.118. The summed E-state index contributed by atoms with van der Waals surface area (Å²) < 4.78 is 0. The molecule has 2 rings (SSSR count). The lowest BCUT2D eigenvalue weighted by Crippen LogP contribution is -2.46. The van der Waals surface area contributed by atoms with Crippen molar-refractivity contribution in [2.45, 2.75) is 25.8 Å². The molecule has 18 heavy (non-hydrogen) atoms. The molecule has 1 aromatic rings. The van der Waals surface area contributed by atoms with Gasteiger partial charge in [-0.25, -0.2) is 4.79 Å². The molecule has 96 valence electrons. The minimum atomic E-state index is -0.807. The second-order valence-corrected chi connectivity index (χ2v) is 4.56. The first-order valence-corrected chi connectivity index (χ1v) is 6.02. The molecule has 1 aromatic carbocycles. The van der Waals surface area contributed by atoms with Gasteiger partial charge in [-0.3, -0.25) is 10.1 Å². The number of hydrogen-bond acceptors (Lipinski definition) is 3. The Labute approximate surface area is 106 Å². The van der Waals surface area contributed by atoms with Gasteiger partial charge in [-0.15, -0.1) is 0 Å². The van der Waals surface area contributed by atoms with E-state index in [9.17, 15) is 9.59 Å². The monoisotopic (exact) mass is 247 g/mol. The van der Waals surface area contributed by atoms with Crippen molar-refractivity contribution in [3.05, 3.63) is 29.8 Å². The largest absolute Gasteiger partial charge is 0.359 e. The number of anilines is 1. The third-order valence-electron chi connectivity index (χ3n) is 3.24. The summed E-state index contributed by atoms with van der Waals surface area (Å²) in [5, 5.41) is 2.10. The number of benzene rings is 1. The molecule has 5 nitrogen and oxygen atoms in total. The smallest absolute Gasteiger partial charge is 0.318 e. The van der Waals surface area contributed by atoms with E-state index in [1.165, 1.54) is 5.56 Å². The number of nitrogens with zero attached hydrogens (tertiary/aromatic N) is 1. The summed E-state index contributed by atoms with van der Waals surface area (Å²) in [7, 11) is 0. The van der Waals surface area contributed by atoms with Crippen LogP contribution in [0.15, 0.2) is 24.3 Å². The third kappa shape index (κ3) is 2.61. The van der Waals surface area contributed by atoms with E-state index in [2.05, 4.69) is 18.3 Å². The molecule has 0 spiro atoms. The van der Waals surface area contributed by atoms with E-state index >= 15 is 0 Å². The molecule has 0 unspecified atom stereocenters. The molecular weight excluding hydrogens is 230 g/mol. The van der Waals surface area contributed by atoms with Crippen molar-refractivity contribution >= 4 is 17.6 Å². The van der Waals surface area contributed by atoms with Gasteiger partial charge in [-0.05, 0) is 31.4 Å². The number of nitrogens with one attached hydrogen (secondary N) is 1. The maximum absolute atomic E-state index is 11.6. The van der Waals surface area contributed by atoms with Crippen molar-refractivity contribution < 1.29 is 9.59 Å². The van der Waals surface area contributed by atoms with Crippen molar-refractivity contribution in [2.24, 2.45) is 5.73 Å². The van der Waals surface area contributed by atoms with Crippen LogP contribution in [0.1, 0.15) is 18.9 Å². The lowest BCUT2D eigenvalue weighted by Gasteiger charge is -2.36. The number of nitrogens with two attached hydrogens (primary N) is 1.